The molecule has 1 aliphatic heterocycles. The number of carbonyl (C=O) groups excluding carboxylic acids is 2. The maximum atomic E-state index is 12.4. The number of esters is 2. The van der Waals surface area contributed by atoms with Crippen molar-refractivity contribution in [2.45, 2.75) is 31.0 Å². The largest absolute Gasteiger partial charge is 0.465 e. The summed E-state index contributed by atoms with van der Waals surface area (Å²) in [6.07, 6.45) is -1.03. The Hall–Kier alpha value is -3.61. The summed E-state index contributed by atoms with van der Waals surface area (Å²) in [5, 5.41) is 9.75. The summed E-state index contributed by atoms with van der Waals surface area (Å²) in [7, 11) is 0. The monoisotopic (exact) mass is 407 g/mol. The molecule has 2 atom stereocenters. The molecule has 0 spiro atoms. The third-order valence-electron chi connectivity index (χ3n) is 5.51. The molecule has 1 saturated heterocycles. The minimum Gasteiger partial charge on any atom is -0.465 e. The number of rotatable bonds is 6. The fraction of sp³-hybridized carbons (Fsp3) is 0.261. The maximum Gasteiger partial charge on any atom is 0.410 e. The Labute approximate surface area is 173 Å². The maximum absolute atomic E-state index is 12.4. The number of nitrogens with zero attached hydrogens (tertiary/aromatic N) is 1. The third-order valence-corrected chi connectivity index (χ3v) is 5.51. The van der Waals surface area contributed by atoms with E-state index in [-0.39, 0.29) is 18.9 Å². The average molecular weight is 407 g/mol. The van der Waals surface area contributed by atoms with Gasteiger partial charge in [-0.2, -0.15) is 0 Å². The van der Waals surface area contributed by atoms with Gasteiger partial charge in [-0.1, -0.05) is 61.2 Å². The number of cyclic esters (lactones) is 1. The van der Waals surface area contributed by atoms with E-state index < -0.39 is 36.7 Å². The van der Waals surface area contributed by atoms with Crippen molar-refractivity contribution in [3.05, 3.63) is 72.3 Å². The normalized spacial score (nSPS) is 19.7. The lowest BCUT2D eigenvalue weighted by Crippen LogP contribution is -2.43. The van der Waals surface area contributed by atoms with Gasteiger partial charge in [0.25, 0.3) is 0 Å². The molecule has 0 bridgehead atoms. The molecule has 7 heteroatoms. The van der Waals surface area contributed by atoms with Crippen molar-refractivity contribution in [2.75, 3.05) is 6.61 Å². The number of hydrogen-bond donors (Lipinski definition) is 1. The molecule has 2 aromatic carbocycles. The summed E-state index contributed by atoms with van der Waals surface area (Å²) in [6.45, 7) is 3.45. The van der Waals surface area contributed by atoms with Gasteiger partial charge in [0.15, 0.2) is 6.23 Å². The second kappa shape index (κ2) is 8.02. The van der Waals surface area contributed by atoms with Gasteiger partial charge in [-0.05, 0) is 22.3 Å². The van der Waals surface area contributed by atoms with Crippen molar-refractivity contribution < 1.29 is 29.0 Å². The SMILES string of the molecule is C=CCOC(=O)C[C@H]1C(=O)OC(CC2c3ccccc3-c3ccccc32)N1C(=O)O. The number of ether oxygens (including phenoxy) is 2. The van der Waals surface area contributed by atoms with Gasteiger partial charge in [-0.25, -0.2) is 9.59 Å². The summed E-state index contributed by atoms with van der Waals surface area (Å²) in [5.74, 6) is -1.54. The molecule has 30 heavy (non-hydrogen) atoms. The molecule has 2 aromatic rings. The van der Waals surface area contributed by atoms with Crippen LogP contribution in [0.25, 0.3) is 11.1 Å². The van der Waals surface area contributed by atoms with Crippen LogP contribution in [0.3, 0.4) is 0 Å². The molecular formula is C23H21NO6. The molecule has 1 aliphatic carbocycles. The highest BCUT2D eigenvalue weighted by Crippen LogP contribution is 2.47. The fourth-order valence-corrected chi connectivity index (χ4v) is 4.27. The first-order valence-corrected chi connectivity index (χ1v) is 9.67. The van der Waals surface area contributed by atoms with Gasteiger partial charge in [0.1, 0.15) is 12.6 Å². The molecule has 1 unspecified atom stereocenters. The summed E-state index contributed by atoms with van der Waals surface area (Å²) >= 11 is 0. The molecule has 0 saturated carbocycles. The molecule has 1 amide bonds. The van der Waals surface area contributed by atoms with Gasteiger partial charge in [-0.15, -0.1) is 0 Å². The molecule has 0 aromatic heterocycles. The lowest BCUT2D eigenvalue weighted by molar-refractivity contribution is -0.148. The molecule has 2 aliphatic rings. The fourth-order valence-electron chi connectivity index (χ4n) is 4.27. The van der Waals surface area contributed by atoms with Crippen LogP contribution in [0.15, 0.2) is 61.2 Å². The van der Waals surface area contributed by atoms with E-state index in [9.17, 15) is 19.5 Å². The Morgan fingerprint density at radius 2 is 1.70 bits per heavy atom. The topological polar surface area (TPSA) is 93.1 Å². The Balaban J connectivity index is 1.60. The van der Waals surface area contributed by atoms with E-state index in [0.29, 0.717) is 0 Å². The Morgan fingerprint density at radius 3 is 2.27 bits per heavy atom. The first-order valence-electron chi connectivity index (χ1n) is 9.67. The predicted octanol–water partition coefficient (Wildman–Crippen LogP) is 3.54. The van der Waals surface area contributed by atoms with Crippen LogP contribution >= 0.6 is 0 Å². The zero-order valence-corrected chi connectivity index (χ0v) is 16.2. The van der Waals surface area contributed by atoms with Crippen LogP contribution in [0.1, 0.15) is 29.9 Å². The Kier molecular flexibility index (Phi) is 5.27. The van der Waals surface area contributed by atoms with E-state index in [1.54, 1.807) is 0 Å². The molecule has 0 radical (unpaired) electrons. The van der Waals surface area contributed by atoms with Crippen LogP contribution in [-0.2, 0) is 19.1 Å². The highest BCUT2D eigenvalue weighted by Gasteiger charge is 2.48. The first kappa shape index (κ1) is 19.7. The number of hydrogen-bond acceptors (Lipinski definition) is 5. The van der Waals surface area contributed by atoms with Crippen molar-refractivity contribution in [3.63, 3.8) is 0 Å². The van der Waals surface area contributed by atoms with E-state index in [0.717, 1.165) is 27.2 Å². The Morgan fingerprint density at radius 1 is 1.10 bits per heavy atom. The van der Waals surface area contributed by atoms with Crippen molar-refractivity contribution in [3.8, 4) is 11.1 Å². The molecule has 4 rings (SSSR count). The number of amides is 1. The molecule has 1 N–H and O–H groups in total. The number of carboxylic acid groups (broad SMARTS) is 1. The van der Waals surface area contributed by atoms with Crippen molar-refractivity contribution in [2.24, 2.45) is 0 Å². The summed E-state index contributed by atoms with van der Waals surface area (Å²) in [4.78, 5) is 37.3. The van der Waals surface area contributed by atoms with Crippen LogP contribution in [0.4, 0.5) is 4.79 Å². The number of carbonyl (C=O) groups is 3. The van der Waals surface area contributed by atoms with E-state index in [2.05, 4.69) is 6.58 Å². The number of fused-ring (bicyclic) bond motifs is 3. The van der Waals surface area contributed by atoms with Gasteiger partial charge in [0.2, 0.25) is 0 Å². The van der Waals surface area contributed by atoms with E-state index >= 15 is 0 Å². The van der Waals surface area contributed by atoms with Gasteiger partial charge >= 0.3 is 18.0 Å². The van der Waals surface area contributed by atoms with Crippen LogP contribution in [0, 0.1) is 0 Å². The highest BCUT2D eigenvalue weighted by atomic mass is 16.6. The standard InChI is InChI=1S/C23H21NO6/c1-2-11-29-21(25)13-19-22(26)30-20(24(19)23(27)28)12-18-16-9-5-3-7-14(16)15-8-4-6-10-17(15)18/h2-10,18-20H,1,11-13H2,(H,27,28)/t19-,20?/m0/s1. The van der Waals surface area contributed by atoms with Crippen LogP contribution in [0.5, 0.6) is 0 Å². The quantitative estimate of drug-likeness (QED) is 0.582. The van der Waals surface area contributed by atoms with Crippen LogP contribution < -0.4 is 0 Å². The van der Waals surface area contributed by atoms with Crippen molar-refractivity contribution in [1.82, 2.24) is 4.90 Å². The third kappa shape index (κ3) is 3.43. The van der Waals surface area contributed by atoms with Gasteiger partial charge in [-0.3, -0.25) is 9.69 Å². The van der Waals surface area contributed by atoms with Crippen molar-refractivity contribution in [1.29, 1.82) is 0 Å². The molecule has 1 heterocycles. The van der Waals surface area contributed by atoms with Gasteiger partial charge in [0.05, 0.1) is 6.42 Å². The van der Waals surface area contributed by atoms with Crippen LogP contribution in [0.2, 0.25) is 0 Å². The Bertz CT molecular complexity index is 971. The van der Waals surface area contributed by atoms with Crippen molar-refractivity contribution >= 4 is 18.0 Å². The number of benzene rings is 2. The molecular weight excluding hydrogens is 386 g/mol. The smallest absolute Gasteiger partial charge is 0.410 e. The molecule has 1 fully saturated rings. The van der Waals surface area contributed by atoms with Crippen LogP contribution in [-0.4, -0.2) is 46.9 Å². The van der Waals surface area contributed by atoms with E-state index in [1.807, 2.05) is 48.5 Å². The average Bonchev–Trinajstić information content (AvgIpc) is 3.22. The van der Waals surface area contributed by atoms with Gasteiger partial charge < -0.3 is 14.6 Å². The summed E-state index contributed by atoms with van der Waals surface area (Å²) in [6, 6.07) is 14.6. The van der Waals surface area contributed by atoms with E-state index in [4.69, 9.17) is 9.47 Å². The highest BCUT2D eigenvalue weighted by molar-refractivity contribution is 5.88. The lowest BCUT2D eigenvalue weighted by Gasteiger charge is -2.25. The molecule has 154 valence electrons. The predicted molar refractivity (Wildman–Crippen MR) is 108 cm³/mol. The summed E-state index contributed by atoms with van der Waals surface area (Å²) in [5.41, 5.74) is 4.31. The zero-order chi connectivity index (χ0) is 21.3. The first-order chi connectivity index (χ1) is 14.5. The second-order valence-corrected chi connectivity index (χ2v) is 7.24. The lowest BCUT2D eigenvalue weighted by atomic mass is 9.92. The molecule has 7 nitrogen and oxygen atoms in total. The zero-order valence-electron chi connectivity index (χ0n) is 16.2. The van der Waals surface area contributed by atoms with Gasteiger partial charge in [0, 0.05) is 12.3 Å². The minimum atomic E-state index is -1.31. The van der Waals surface area contributed by atoms with E-state index in [1.165, 1.54) is 6.08 Å². The minimum absolute atomic E-state index is 0.00720. The second-order valence-electron chi connectivity index (χ2n) is 7.24. The summed E-state index contributed by atoms with van der Waals surface area (Å²) < 4.78 is 10.3.